The molecule has 0 aliphatic heterocycles. The minimum atomic E-state index is -0.730. The maximum Gasteiger partial charge on any atom is 0.163 e. The summed E-state index contributed by atoms with van der Waals surface area (Å²) in [5, 5.41) is 20.8. The molecule has 5 nitrogen and oxygen atoms in total. The molecule has 0 unspecified atom stereocenters. The van der Waals surface area contributed by atoms with Gasteiger partial charge in [-0.25, -0.2) is 0 Å². The van der Waals surface area contributed by atoms with E-state index in [9.17, 15) is 19.8 Å². The largest absolute Gasteiger partial charge is 0.512 e. The number of rotatable bonds is 4. The average Bonchev–Trinajstić information content (AvgIpc) is 2.60. The van der Waals surface area contributed by atoms with Crippen molar-refractivity contribution in [2.24, 2.45) is 0 Å². The van der Waals surface area contributed by atoms with Crippen LogP contribution in [0.4, 0.5) is 0 Å². The van der Waals surface area contributed by atoms with Crippen LogP contribution in [-0.2, 0) is 9.59 Å². The number of benzene rings is 1. The van der Waals surface area contributed by atoms with Crippen molar-refractivity contribution in [2.75, 3.05) is 7.11 Å². The second kappa shape index (κ2) is 7.13. The van der Waals surface area contributed by atoms with E-state index in [1.807, 2.05) is 0 Å². The molecule has 0 saturated carbocycles. The molecular formula is C20H22O5. The molecular weight excluding hydrogens is 320 g/mol. The summed E-state index contributed by atoms with van der Waals surface area (Å²) >= 11 is 0. The number of hydrogen-bond acceptors (Lipinski definition) is 5. The van der Waals surface area contributed by atoms with Gasteiger partial charge in [-0.15, -0.1) is 0 Å². The van der Waals surface area contributed by atoms with E-state index < -0.39 is 5.92 Å². The van der Waals surface area contributed by atoms with Gasteiger partial charge in [-0.1, -0.05) is 12.1 Å². The lowest BCUT2D eigenvalue weighted by Gasteiger charge is -2.28. The van der Waals surface area contributed by atoms with Gasteiger partial charge < -0.3 is 14.9 Å². The summed E-state index contributed by atoms with van der Waals surface area (Å²) in [4.78, 5) is 25.1. The Morgan fingerprint density at radius 1 is 0.840 bits per heavy atom. The summed E-state index contributed by atoms with van der Waals surface area (Å²) in [6, 6.07) is 7.04. The van der Waals surface area contributed by atoms with Crippen LogP contribution in [0.2, 0.25) is 0 Å². The minimum absolute atomic E-state index is 0.0238. The summed E-state index contributed by atoms with van der Waals surface area (Å²) in [5.74, 6) is -0.353. The maximum absolute atomic E-state index is 12.5. The van der Waals surface area contributed by atoms with Crippen molar-refractivity contribution in [1.29, 1.82) is 0 Å². The highest BCUT2D eigenvalue weighted by molar-refractivity contribution is 6.05. The molecule has 0 radical (unpaired) electrons. The standard InChI is InChI=1S/C20H22O5/c1-25-13-10-8-12(9-11-13)18(19-14(21)4-2-5-15(19)22)20-16(23)6-3-7-17(20)24/h8-11,18,21,23H,2-7H2,1H3. The number of hydrogen-bond donors (Lipinski definition) is 2. The van der Waals surface area contributed by atoms with Crippen LogP contribution in [0.3, 0.4) is 0 Å². The van der Waals surface area contributed by atoms with E-state index in [0.717, 1.165) is 0 Å². The Labute approximate surface area is 146 Å². The molecule has 2 aliphatic rings. The van der Waals surface area contributed by atoms with Crippen molar-refractivity contribution in [1.82, 2.24) is 0 Å². The highest BCUT2D eigenvalue weighted by Crippen LogP contribution is 2.42. The van der Waals surface area contributed by atoms with E-state index in [1.165, 1.54) is 0 Å². The quantitative estimate of drug-likeness (QED) is 0.867. The fraction of sp³-hybridized carbons (Fsp3) is 0.400. The van der Waals surface area contributed by atoms with Gasteiger partial charge in [0.25, 0.3) is 0 Å². The van der Waals surface area contributed by atoms with Crippen LogP contribution in [0.15, 0.2) is 46.9 Å². The molecule has 5 heteroatoms. The van der Waals surface area contributed by atoms with Crippen molar-refractivity contribution in [3.8, 4) is 5.75 Å². The molecule has 0 saturated heterocycles. The van der Waals surface area contributed by atoms with Gasteiger partial charge in [-0.05, 0) is 30.5 Å². The molecule has 1 aromatic carbocycles. The molecule has 2 N–H and O–H groups in total. The predicted molar refractivity (Wildman–Crippen MR) is 92.8 cm³/mol. The maximum atomic E-state index is 12.5. The molecule has 0 bridgehead atoms. The molecule has 0 aromatic heterocycles. The van der Waals surface area contributed by atoms with Crippen molar-refractivity contribution < 1.29 is 24.5 Å². The van der Waals surface area contributed by atoms with E-state index in [2.05, 4.69) is 0 Å². The third kappa shape index (κ3) is 3.31. The number of carbonyl (C=O) groups excluding carboxylic acids is 2. The number of Topliss-reactive ketones (excluding diaryl/α,β-unsaturated/α-hetero) is 2. The minimum Gasteiger partial charge on any atom is -0.512 e. The van der Waals surface area contributed by atoms with Gasteiger partial charge in [-0.3, -0.25) is 9.59 Å². The topological polar surface area (TPSA) is 83.8 Å². The zero-order valence-electron chi connectivity index (χ0n) is 14.2. The van der Waals surface area contributed by atoms with Crippen molar-refractivity contribution in [3.63, 3.8) is 0 Å². The smallest absolute Gasteiger partial charge is 0.163 e. The zero-order valence-corrected chi connectivity index (χ0v) is 14.2. The lowest BCUT2D eigenvalue weighted by molar-refractivity contribution is -0.117. The van der Waals surface area contributed by atoms with E-state index in [4.69, 9.17) is 4.74 Å². The van der Waals surface area contributed by atoms with Crippen molar-refractivity contribution in [2.45, 2.75) is 44.4 Å². The fourth-order valence-electron chi connectivity index (χ4n) is 3.62. The van der Waals surface area contributed by atoms with Crippen LogP contribution < -0.4 is 4.74 Å². The molecule has 0 atom stereocenters. The van der Waals surface area contributed by atoms with Gasteiger partial charge in [0.05, 0.1) is 18.6 Å². The molecule has 3 rings (SSSR count). The second-order valence-electron chi connectivity index (χ2n) is 6.48. The van der Waals surface area contributed by atoms with E-state index >= 15 is 0 Å². The Morgan fingerprint density at radius 3 is 1.72 bits per heavy atom. The number of allylic oxidation sites excluding steroid dienone is 4. The zero-order chi connectivity index (χ0) is 18.0. The average molecular weight is 342 g/mol. The van der Waals surface area contributed by atoms with Gasteiger partial charge in [0.1, 0.15) is 5.75 Å². The molecule has 0 fully saturated rings. The lowest BCUT2D eigenvalue weighted by Crippen LogP contribution is -2.25. The Balaban J connectivity index is 2.17. The normalized spacial score (nSPS) is 19.0. The van der Waals surface area contributed by atoms with Gasteiger partial charge in [0.2, 0.25) is 0 Å². The first-order valence-electron chi connectivity index (χ1n) is 8.57. The number of methoxy groups -OCH3 is 1. The highest BCUT2D eigenvalue weighted by Gasteiger charge is 2.37. The monoisotopic (exact) mass is 342 g/mol. The number of ketones is 2. The van der Waals surface area contributed by atoms with Crippen LogP contribution in [0.1, 0.15) is 50.0 Å². The van der Waals surface area contributed by atoms with Crippen LogP contribution in [-0.4, -0.2) is 28.9 Å². The second-order valence-corrected chi connectivity index (χ2v) is 6.48. The third-order valence-corrected chi connectivity index (χ3v) is 4.88. The van der Waals surface area contributed by atoms with Crippen LogP contribution in [0.5, 0.6) is 5.75 Å². The van der Waals surface area contributed by atoms with Crippen molar-refractivity contribution in [3.05, 3.63) is 52.5 Å². The third-order valence-electron chi connectivity index (χ3n) is 4.88. The van der Waals surface area contributed by atoms with Crippen LogP contribution >= 0.6 is 0 Å². The Bertz CT molecular complexity index is 713. The number of carbonyl (C=O) groups is 2. The van der Waals surface area contributed by atoms with Gasteiger partial charge in [-0.2, -0.15) is 0 Å². The molecule has 132 valence electrons. The fourth-order valence-corrected chi connectivity index (χ4v) is 3.62. The first kappa shape index (κ1) is 17.3. The highest BCUT2D eigenvalue weighted by atomic mass is 16.5. The first-order valence-corrected chi connectivity index (χ1v) is 8.57. The molecule has 0 heterocycles. The molecule has 1 aromatic rings. The molecule has 25 heavy (non-hydrogen) atoms. The summed E-state index contributed by atoms with van der Waals surface area (Å²) in [7, 11) is 1.56. The summed E-state index contributed by atoms with van der Waals surface area (Å²) in [5.41, 5.74) is 1.18. The summed E-state index contributed by atoms with van der Waals surface area (Å²) in [6.45, 7) is 0. The Hall–Kier alpha value is -2.56. The van der Waals surface area contributed by atoms with Crippen LogP contribution in [0.25, 0.3) is 0 Å². The number of aliphatic hydroxyl groups excluding tert-OH is 2. The van der Waals surface area contributed by atoms with E-state index in [0.29, 0.717) is 49.8 Å². The lowest BCUT2D eigenvalue weighted by atomic mass is 9.74. The summed E-state index contributed by atoms with van der Waals surface area (Å²) in [6.07, 6.45) is 2.71. The van der Waals surface area contributed by atoms with Crippen LogP contribution in [0, 0.1) is 0 Å². The van der Waals surface area contributed by atoms with Gasteiger partial charge in [0.15, 0.2) is 11.6 Å². The first-order chi connectivity index (χ1) is 12.0. The van der Waals surface area contributed by atoms with Gasteiger partial charge in [0, 0.05) is 42.7 Å². The predicted octanol–water partition coefficient (Wildman–Crippen LogP) is 3.91. The van der Waals surface area contributed by atoms with E-state index in [1.54, 1.807) is 31.4 Å². The Kier molecular flexibility index (Phi) is 4.93. The molecule has 0 spiro atoms. The number of aliphatic hydroxyl groups is 2. The Morgan fingerprint density at radius 2 is 1.32 bits per heavy atom. The van der Waals surface area contributed by atoms with Crippen molar-refractivity contribution >= 4 is 11.6 Å². The molecule has 0 amide bonds. The van der Waals surface area contributed by atoms with E-state index in [-0.39, 0.29) is 34.2 Å². The number of ether oxygens (including phenoxy) is 1. The molecule has 2 aliphatic carbocycles. The van der Waals surface area contributed by atoms with Gasteiger partial charge >= 0.3 is 0 Å². The summed E-state index contributed by atoms with van der Waals surface area (Å²) < 4.78 is 5.17. The SMILES string of the molecule is COc1ccc(C(C2=C(O)CCCC2=O)C2=C(O)CCCC2=O)cc1.